The fraction of sp³-hybridized carbons (Fsp3) is 0.286. The number of carboxylic acids is 1. The molecule has 0 unspecified atom stereocenters. The predicted octanol–water partition coefficient (Wildman–Crippen LogP) is 2.57. The summed E-state index contributed by atoms with van der Waals surface area (Å²) in [6, 6.07) is 10.0. The zero-order chi connectivity index (χ0) is 13.0. The number of para-hydroxylation sites is 1. The van der Waals surface area contributed by atoms with Crippen molar-refractivity contribution in [3.8, 4) is 6.07 Å². The van der Waals surface area contributed by atoms with Gasteiger partial charge in [-0.25, -0.2) is 0 Å². The summed E-state index contributed by atoms with van der Waals surface area (Å²) in [4.78, 5) is 10.5. The van der Waals surface area contributed by atoms with Crippen LogP contribution in [0.15, 0.2) is 30.5 Å². The van der Waals surface area contributed by atoms with Crippen LogP contribution in [0.5, 0.6) is 0 Å². The second-order valence-electron chi connectivity index (χ2n) is 4.20. The summed E-state index contributed by atoms with van der Waals surface area (Å²) in [7, 11) is 0. The number of nitriles is 1. The van der Waals surface area contributed by atoms with E-state index in [4.69, 9.17) is 10.4 Å². The highest BCUT2D eigenvalue weighted by Crippen LogP contribution is 2.22. The van der Waals surface area contributed by atoms with Gasteiger partial charge < -0.3 is 9.67 Å². The Hall–Kier alpha value is -2.28. The first-order chi connectivity index (χ1) is 8.72. The Morgan fingerprint density at radius 2 is 2.17 bits per heavy atom. The molecule has 0 saturated carbocycles. The molecule has 0 amide bonds. The molecule has 92 valence electrons. The molecule has 0 bridgehead atoms. The van der Waals surface area contributed by atoms with Crippen LogP contribution in [-0.4, -0.2) is 15.6 Å². The zero-order valence-electron chi connectivity index (χ0n) is 9.97. The molecule has 1 N–H and O–H groups in total. The highest BCUT2D eigenvalue weighted by molar-refractivity contribution is 5.84. The monoisotopic (exact) mass is 242 g/mol. The topological polar surface area (TPSA) is 66.0 Å². The molecular weight excluding hydrogens is 228 g/mol. The Kier molecular flexibility index (Phi) is 3.63. The van der Waals surface area contributed by atoms with Gasteiger partial charge >= 0.3 is 5.97 Å². The molecule has 1 aromatic carbocycles. The predicted molar refractivity (Wildman–Crippen MR) is 68.1 cm³/mol. The maximum absolute atomic E-state index is 10.5. The third-order valence-electron chi connectivity index (χ3n) is 2.95. The van der Waals surface area contributed by atoms with Gasteiger partial charge in [-0.2, -0.15) is 5.26 Å². The normalized spacial score (nSPS) is 10.4. The van der Waals surface area contributed by atoms with Gasteiger partial charge in [0.05, 0.1) is 6.07 Å². The van der Waals surface area contributed by atoms with Gasteiger partial charge in [0.1, 0.15) is 6.54 Å². The van der Waals surface area contributed by atoms with Crippen LogP contribution in [0.4, 0.5) is 0 Å². The van der Waals surface area contributed by atoms with E-state index in [0.717, 1.165) is 22.9 Å². The van der Waals surface area contributed by atoms with Gasteiger partial charge in [0.15, 0.2) is 0 Å². The summed E-state index contributed by atoms with van der Waals surface area (Å²) in [5, 5.41) is 18.5. The van der Waals surface area contributed by atoms with Crippen LogP contribution in [-0.2, 0) is 17.8 Å². The van der Waals surface area contributed by atoms with Gasteiger partial charge in [-0.05, 0) is 24.5 Å². The van der Waals surface area contributed by atoms with E-state index in [1.54, 1.807) is 0 Å². The number of aromatic nitrogens is 1. The Morgan fingerprint density at radius 1 is 1.39 bits per heavy atom. The van der Waals surface area contributed by atoms with Crippen molar-refractivity contribution in [1.82, 2.24) is 4.57 Å². The van der Waals surface area contributed by atoms with Crippen LogP contribution >= 0.6 is 0 Å². The first-order valence-corrected chi connectivity index (χ1v) is 5.88. The van der Waals surface area contributed by atoms with Crippen molar-refractivity contribution in [2.75, 3.05) is 0 Å². The lowest BCUT2D eigenvalue weighted by Crippen LogP contribution is -1.95. The van der Waals surface area contributed by atoms with Crippen LogP contribution in [0.25, 0.3) is 10.9 Å². The van der Waals surface area contributed by atoms with E-state index < -0.39 is 5.97 Å². The number of aryl methyl sites for hydroxylation is 1. The molecule has 2 rings (SSSR count). The van der Waals surface area contributed by atoms with Gasteiger partial charge in [-0.3, -0.25) is 4.79 Å². The number of nitrogens with zero attached hydrogens (tertiary/aromatic N) is 2. The van der Waals surface area contributed by atoms with Crippen molar-refractivity contribution >= 4 is 16.9 Å². The Labute approximate surface area is 105 Å². The lowest BCUT2D eigenvalue weighted by atomic mass is 10.1. The van der Waals surface area contributed by atoms with Gasteiger partial charge in [-0.1, -0.05) is 18.2 Å². The third-order valence-corrected chi connectivity index (χ3v) is 2.95. The zero-order valence-corrected chi connectivity index (χ0v) is 9.97. The van der Waals surface area contributed by atoms with E-state index in [2.05, 4.69) is 6.07 Å². The van der Waals surface area contributed by atoms with Crippen LogP contribution in [0, 0.1) is 11.3 Å². The molecule has 0 saturated heterocycles. The van der Waals surface area contributed by atoms with Crippen molar-refractivity contribution in [3.05, 3.63) is 36.0 Å². The molecule has 1 heterocycles. The quantitative estimate of drug-likeness (QED) is 0.876. The van der Waals surface area contributed by atoms with Crippen LogP contribution in [0.3, 0.4) is 0 Å². The number of aliphatic carboxylic acids is 1. The fourth-order valence-electron chi connectivity index (χ4n) is 2.16. The lowest BCUT2D eigenvalue weighted by molar-refractivity contribution is -0.137. The Bertz CT molecular complexity index is 608. The third kappa shape index (κ3) is 2.51. The molecule has 0 atom stereocenters. The molecule has 0 spiro atoms. The summed E-state index contributed by atoms with van der Waals surface area (Å²) in [6.45, 7) is 0.319. The summed E-state index contributed by atoms with van der Waals surface area (Å²) >= 11 is 0. The minimum absolute atomic E-state index is 0.178. The van der Waals surface area contributed by atoms with Crippen LogP contribution in [0.2, 0.25) is 0 Å². The number of hydrogen-bond acceptors (Lipinski definition) is 2. The standard InChI is InChI=1S/C14H14N2O2/c15-8-9-16-10-11(4-3-7-14(17)18)12-5-1-2-6-13(12)16/h1-2,5-6,10H,3-4,7,9H2,(H,17,18). The summed E-state index contributed by atoms with van der Waals surface area (Å²) < 4.78 is 1.91. The van der Waals surface area contributed by atoms with E-state index in [1.165, 1.54) is 0 Å². The minimum Gasteiger partial charge on any atom is -0.481 e. The number of benzene rings is 1. The van der Waals surface area contributed by atoms with Crippen molar-refractivity contribution < 1.29 is 9.90 Å². The Morgan fingerprint density at radius 3 is 2.89 bits per heavy atom. The van der Waals surface area contributed by atoms with Crippen LogP contribution < -0.4 is 0 Å². The highest BCUT2D eigenvalue weighted by atomic mass is 16.4. The second-order valence-corrected chi connectivity index (χ2v) is 4.20. The molecule has 4 nitrogen and oxygen atoms in total. The first-order valence-electron chi connectivity index (χ1n) is 5.88. The molecule has 0 fully saturated rings. The number of fused-ring (bicyclic) bond motifs is 1. The summed E-state index contributed by atoms with van der Waals surface area (Å²) in [5.74, 6) is -0.768. The fourth-order valence-corrected chi connectivity index (χ4v) is 2.16. The second kappa shape index (κ2) is 5.37. The Balaban J connectivity index is 2.27. The number of rotatable bonds is 5. The van der Waals surface area contributed by atoms with Crippen molar-refractivity contribution in [2.45, 2.75) is 25.8 Å². The summed E-state index contributed by atoms with van der Waals surface area (Å²) in [6.07, 6.45) is 3.48. The van der Waals surface area contributed by atoms with Crippen LogP contribution in [0.1, 0.15) is 18.4 Å². The van der Waals surface area contributed by atoms with E-state index >= 15 is 0 Å². The lowest BCUT2D eigenvalue weighted by Gasteiger charge is -1.97. The number of hydrogen-bond donors (Lipinski definition) is 1. The molecule has 0 radical (unpaired) electrons. The number of carboxylic acid groups (broad SMARTS) is 1. The first kappa shape index (κ1) is 12.2. The largest absolute Gasteiger partial charge is 0.481 e. The van der Waals surface area contributed by atoms with E-state index in [-0.39, 0.29) is 6.42 Å². The van der Waals surface area contributed by atoms with Crippen molar-refractivity contribution in [2.24, 2.45) is 0 Å². The molecule has 0 aliphatic rings. The van der Waals surface area contributed by atoms with E-state index in [9.17, 15) is 4.79 Å². The van der Waals surface area contributed by atoms with Gasteiger partial charge in [0.25, 0.3) is 0 Å². The molecule has 0 aliphatic carbocycles. The van der Waals surface area contributed by atoms with E-state index in [0.29, 0.717) is 13.0 Å². The molecular formula is C14H14N2O2. The average Bonchev–Trinajstić information content (AvgIpc) is 2.69. The molecule has 2 aromatic rings. The smallest absolute Gasteiger partial charge is 0.303 e. The maximum atomic E-state index is 10.5. The molecule has 0 aliphatic heterocycles. The molecule has 4 heteroatoms. The van der Waals surface area contributed by atoms with E-state index in [1.807, 2.05) is 35.0 Å². The summed E-state index contributed by atoms with van der Waals surface area (Å²) in [5.41, 5.74) is 2.14. The van der Waals surface area contributed by atoms with Gasteiger partial charge in [-0.15, -0.1) is 0 Å². The van der Waals surface area contributed by atoms with Gasteiger partial charge in [0, 0.05) is 23.5 Å². The van der Waals surface area contributed by atoms with Crippen molar-refractivity contribution in [3.63, 3.8) is 0 Å². The average molecular weight is 242 g/mol. The molecule has 1 aromatic heterocycles. The minimum atomic E-state index is -0.768. The maximum Gasteiger partial charge on any atom is 0.303 e. The van der Waals surface area contributed by atoms with Crippen molar-refractivity contribution in [1.29, 1.82) is 5.26 Å². The number of carbonyl (C=O) groups is 1. The SMILES string of the molecule is N#CCn1cc(CCCC(=O)O)c2ccccc21. The highest BCUT2D eigenvalue weighted by Gasteiger charge is 2.08. The molecule has 18 heavy (non-hydrogen) atoms. The van der Waals surface area contributed by atoms with Gasteiger partial charge in [0.2, 0.25) is 0 Å².